The summed E-state index contributed by atoms with van der Waals surface area (Å²) in [5, 5.41) is 13.2. The van der Waals surface area contributed by atoms with Crippen LogP contribution in [0.4, 0.5) is 9.59 Å². The second-order valence-electron chi connectivity index (χ2n) is 13.3. The fraction of sp³-hybridized carbons (Fsp3) is 0.500. The van der Waals surface area contributed by atoms with E-state index in [0.29, 0.717) is 18.9 Å². The highest BCUT2D eigenvalue weighted by atomic mass is 28.3. The van der Waals surface area contributed by atoms with Gasteiger partial charge in [0.05, 0.1) is 0 Å². The van der Waals surface area contributed by atoms with Gasteiger partial charge in [-0.1, -0.05) is 78.0 Å². The molecule has 0 heterocycles. The molecule has 2 rings (SSSR count). The van der Waals surface area contributed by atoms with Gasteiger partial charge < -0.3 is 20.1 Å². The fourth-order valence-corrected chi connectivity index (χ4v) is 11.1. The van der Waals surface area contributed by atoms with Crippen LogP contribution in [0.3, 0.4) is 0 Å². The SMILES string of the molecule is CNC(=O)[C@H](C)C[Si](c1ccccc1)(c1ccccc1)[C@H](CCCN=C(NC(=O)OC(C)(C)C)NC(=O)OC(C)(C)C)NC(C)=O. The maximum atomic E-state index is 12.9. The van der Waals surface area contributed by atoms with Crippen LogP contribution in [0.2, 0.25) is 6.04 Å². The summed E-state index contributed by atoms with van der Waals surface area (Å²) in [5.74, 6) is -0.679. The van der Waals surface area contributed by atoms with E-state index >= 15 is 0 Å². The summed E-state index contributed by atoms with van der Waals surface area (Å²) in [6, 6.07) is 20.7. The Morgan fingerprint density at radius 2 is 1.26 bits per heavy atom. The normalized spacial score (nSPS) is 13.0. The number of hydrogen-bond acceptors (Lipinski definition) is 7. The molecule has 2 atom stereocenters. The van der Waals surface area contributed by atoms with Crippen LogP contribution in [-0.2, 0) is 19.1 Å². The van der Waals surface area contributed by atoms with Gasteiger partial charge in [-0.25, -0.2) is 9.59 Å². The van der Waals surface area contributed by atoms with E-state index in [2.05, 4.69) is 50.5 Å². The molecule has 0 aliphatic rings. The Kier molecular flexibility index (Phi) is 14.0. The molecule has 46 heavy (non-hydrogen) atoms. The van der Waals surface area contributed by atoms with Crippen LogP contribution in [0.1, 0.15) is 68.2 Å². The molecule has 0 spiro atoms. The number of nitrogens with zero attached hydrogens (tertiary/aromatic N) is 1. The van der Waals surface area contributed by atoms with Crippen LogP contribution >= 0.6 is 0 Å². The van der Waals surface area contributed by atoms with E-state index in [1.807, 2.05) is 43.3 Å². The summed E-state index contributed by atoms with van der Waals surface area (Å²) < 4.78 is 10.7. The number of carbonyl (C=O) groups is 4. The van der Waals surface area contributed by atoms with Gasteiger partial charge in [-0.15, -0.1) is 0 Å². The maximum absolute atomic E-state index is 12.9. The number of benzene rings is 2. The van der Waals surface area contributed by atoms with Crippen molar-refractivity contribution in [1.82, 2.24) is 21.3 Å². The van der Waals surface area contributed by atoms with E-state index in [1.54, 1.807) is 48.6 Å². The first-order valence-corrected chi connectivity index (χ1v) is 17.9. The zero-order chi connectivity index (χ0) is 34.5. The summed E-state index contributed by atoms with van der Waals surface area (Å²) in [6.07, 6.45) is -0.544. The molecule has 4 N–H and O–H groups in total. The number of hydrogen-bond donors (Lipinski definition) is 4. The van der Waals surface area contributed by atoms with Crippen LogP contribution in [-0.4, -0.2) is 68.5 Å². The van der Waals surface area contributed by atoms with Crippen molar-refractivity contribution < 1.29 is 28.7 Å². The Hall–Kier alpha value is -4.19. The van der Waals surface area contributed by atoms with Gasteiger partial charge >= 0.3 is 12.2 Å². The minimum Gasteiger partial charge on any atom is -0.444 e. The zero-order valence-electron chi connectivity index (χ0n) is 28.7. The number of ether oxygens (including phenoxy) is 2. The summed E-state index contributed by atoms with van der Waals surface area (Å²) in [4.78, 5) is 55.2. The van der Waals surface area contributed by atoms with Crippen molar-refractivity contribution in [2.24, 2.45) is 10.9 Å². The van der Waals surface area contributed by atoms with Crippen LogP contribution in [0.15, 0.2) is 65.7 Å². The van der Waals surface area contributed by atoms with Gasteiger partial charge in [-0.05, 0) is 60.4 Å². The average Bonchev–Trinajstić information content (AvgIpc) is 2.95. The maximum Gasteiger partial charge on any atom is 0.414 e. The molecule has 4 amide bonds. The van der Waals surface area contributed by atoms with Gasteiger partial charge in [0.1, 0.15) is 19.3 Å². The lowest BCUT2D eigenvalue weighted by molar-refractivity contribution is -0.123. The Labute approximate surface area is 274 Å². The van der Waals surface area contributed by atoms with Gasteiger partial charge in [-0.2, -0.15) is 0 Å². The number of alkyl carbamates (subject to hydrolysis) is 2. The molecule has 0 bridgehead atoms. The van der Waals surface area contributed by atoms with E-state index in [4.69, 9.17) is 9.47 Å². The topological polar surface area (TPSA) is 147 Å². The molecule has 0 saturated heterocycles. The summed E-state index contributed by atoms with van der Waals surface area (Å²) >= 11 is 0. The highest BCUT2D eigenvalue weighted by molar-refractivity contribution is 7.03. The highest BCUT2D eigenvalue weighted by Crippen LogP contribution is 2.25. The van der Waals surface area contributed by atoms with E-state index in [-0.39, 0.29) is 35.9 Å². The molecule has 0 aliphatic carbocycles. The van der Waals surface area contributed by atoms with Crippen LogP contribution in [0.25, 0.3) is 0 Å². The number of nitrogens with one attached hydrogen (secondary N) is 4. The number of aliphatic imine (C=N–C) groups is 1. The Morgan fingerprint density at radius 1 is 0.804 bits per heavy atom. The van der Waals surface area contributed by atoms with Gasteiger partial charge in [0.2, 0.25) is 17.8 Å². The Bertz CT molecular complexity index is 1270. The first-order chi connectivity index (χ1) is 21.5. The molecule has 0 aromatic heterocycles. The molecule has 11 nitrogen and oxygen atoms in total. The zero-order valence-corrected chi connectivity index (χ0v) is 29.7. The van der Waals surface area contributed by atoms with Crippen molar-refractivity contribution in [2.75, 3.05) is 13.6 Å². The largest absolute Gasteiger partial charge is 0.444 e. The minimum atomic E-state index is -2.89. The molecule has 2 aromatic rings. The second-order valence-corrected chi connectivity index (χ2v) is 17.5. The molecular weight excluding hydrogens is 602 g/mol. The van der Waals surface area contributed by atoms with Crippen molar-refractivity contribution in [3.8, 4) is 0 Å². The molecule has 252 valence electrons. The van der Waals surface area contributed by atoms with Crippen molar-refractivity contribution in [1.29, 1.82) is 0 Å². The fourth-order valence-electron chi connectivity index (χ4n) is 5.32. The molecular formula is C34H51N5O6Si. The Balaban J connectivity index is 2.50. The lowest BCUT2D eigenvalue weighted by atomic mass is 10.2. The van der Waals surface area contributed by atoms with Crippen molar-refractivity contribution in [3.05, 3.63) is 60.7 Å². The molecule has 12 heteroatoms. The molecule has 2 aromatic carbocycles. The van der Waals surface area contributed by atoms with Gasteiger partial charge in [0.25, 0.3) is 0 Å². The van der Waals surface area contributed by atoms with Crippen LogP contribution in [0.5, 0.6) is 0 Å². The highest BCUT2D eigenvalue weighted by Gasteiger charge is 2.46. The third-order valence-corrected chi connectivity index (χ3v) is 12.6. The number of guanidine groups is 1. The summed E-state index contributed by atoms with van der Waals surface area (Å²) in [7, 11) is -1.26. The third kappa shape index (κ3) is 12.3. The summed E-state index contributed by atoms with van der Waals surface area (Å²) in [6.45, 7) is 14.0. The molecule has 0 fully saturated rings. The number of amides is 4. The number of rotatable bonds is 11. The standard InChI is InChI=1S/C34H51N5O6Si/c1-24(29(41)35-9)23-46(26-17-12-10-13-18-26,27-19-14-11-15-20-27)28(37-25(2)40)21-16-22-36-30(38-31(42)44-33(3,4)5)39-32(43)45-34(6,7)8/h10-15,17-20,24,28H,16,21-23H2,1-9H3,(H,35,41)(H,37,40)(H2,36,38,39,42,43)/t24-,28-/m1/s1. The molecule has 0 radical (unpaired) electrons. The monoisotopic (exact) mass is 653 g/mol. The number of carbonyl (C=O) groups excluding carboxylic acids is 4. The predicted octanol–water partition coefficient (Wildman–Crippen LogP) is 3.86. The van der Waals surface area contributed by atoms with E-state index in [1.165, 1.54) is 6.92 Å². The Morgan fingerprint density at radius 3 is 1.65 bits per heavy atom. The van der Waals surface area contributed by atoms with E-state index in [9.17, 15) is 19.2 Å². The van der Waals surface area contributed by atoms with Crippen molar-refractivity contribution >= 4 is 48.4 Å². The third-order valence-electron chi connectivity index (χ3n) is 7.03. The van der Waals surface area contributed by atoms with Crippen LogP contribution < -0.4 is 31.6 Å². The van der Waals surface area contributed by atoms with Crippen molar-refractivity contribution in [3.63, 3.8) is 0 Å². The van der Waals surface area contributed by atoms with Crippen LogP contribution in [0, 0.1) is 5.92 Å². The molecule has 0 saturated carbocycles. The lowest BCUT2D eigenvalue weighted by Gasteiger charge is -2.42. The smallest absolute Gasteiger partial charge is 0.414 e. The first kappa shape index (κ1) is 38.0. The van der Waals surface area contributed by atoms with Gasteiger partial charge in [0, 0.05) is 32.1 Å². The molecule has 0 aliphatic heterocycles. The average molecular weight is 654 g/mol. The quantitative estimate of drug-likeness (QED) is 0.125. The van der Waals surface area contributed by atoms with Gasteiger partial charge in [-0.3, -0.25) is 25.2 Å². The predicted molar refractivity (Wildman–Crippen MR) is 184 cm³/mol. The second kappa shape index (κ2) is 16.9. The van der Waals surface area contributed by atoms with E-state index < -0.39 is 31.5 Å². The first-order valence-electron chi connectivity index (χ1n) is 15.6. The minimum absolute atomic E-state index is 0.0685. The summed E-state index contributed by atoms with van der Waals surface area (Å²) in [5.41, 5.74) is -1.83. The lowest BCUT2D eigenvalue weighted by Crippen LogP contribution is -2.71. The van der Waals surface area contributed by atoms with Gasteiger partial charge in [0.15, 0.2) is 0 Å². The van der Waals surface area contributed by atoms with Crippen molar-refractivity contribution in [2.45, 2.75) is 91.1 Å². The molecule has 0 unspecified atom stereocenters. The van der Waals surface area contributed by atoms with E-state index in [0.717, 1.165) is 10.4 Å².